The third-order valence-electron chi connectivity index (χ3n) is 3.77. The first-order valence-corrected chi connectivity index (χ1v) is 6.88. The molecule has 0 radical (unpaired) electrons. The Balaban J connectivity index is 1.83. The first-order valence-electron chi connectivity index (χ1n) is 6.88. The van der Waals surface area contributed by atoms with Gasteiger partial charge in [-0.1, -0.05) is 37.3 Å². The maximum atomic E-state index is 3.41. The van der Waals surface area contributed by atoms with Gasteiger partial charge in [-0.25, -0.2) is 0 Å². The van der Waals surface area contributed by atoms with E-state index in [2.05, 4.69) is 47.5 Å². The van der Waals surface area contributed by atoms with Crippen LogP contribution in [-0.4, -0.2) is 37.6 Å². The molecule has 2 heteroatoms. The molecule has 2 rings (SSSR count). The lowest BCUT2D eigenvalue weighted by Crippen LogP contribution is -2.43. The largest absolute Gasteiger partial charge is 0.314 e. The number of nitrogens with zero attached hydrogens (tertiary/aromatic N) is 1. The van der Waals surface area contributed by atoms with Crippen molar-refractivity contribution >= 4 is 0 Å². The van der Waals surface area contributed by atoms with Gasteiger partial charge in [-0.05, 0) is 30.9 Å². The van der Waals surface area contributed by atoms with Crippen molar-refractivity contribution in [1.29, 1.82) is 0 Å². The highest BCUT2D eigenvalue weighted by Crippen LogP contribution is 2.23. The fourth-order valence-corrected chi connectivity index (χ4v) is 2.60. The van der Waals surface area contributed by atoms with E-state index in [1.807, 2.05) is 0 Å². The fraction of sp³-hybridized carbons (Fsp3) is 0.600. The Labute approximate surface area is 105 Å². The second-order valence-corrected chi connectivity index (χ2v) is 4.90. The molecule has 1 fully saturated rings. The molecule has 94 valence electrons. The standard InChI is InChI=1S/C15H24N2/c1-2-14(15-6-4-3-5-7-15)8-11-17-12-9-16-10-13-17/h3-7,14,16H,2,8-13H2,1H3. The van der Waals surface area contributed by atoms with Crippen molar-refractivity contribution in [1.82, 2.24) is 10.2 Å². The number of rotatable bonds is 5. The van der Waals surface area contributed by atoms with Crippen molar-refractivity contribution in [3.8, 4) is 0 Å². The van der Waals surface area contributed by atoms with Gasteiger partial charge in [-0.3, -0.25) is 0 Å². The van der Waals surface area contributed by atoms with E-state index in [9.17, 15) is 0 Å². The van der Waals surface area contributed by atoms with Gasteiger partial charge in [0.15, 0.2) is 0 Å². The Kier molecular flexibility index (Phi) is 5.02. The van der Waals surface area contributed by atoms with Crippen LogP contribution in [0.3, 0.4) is 0 Å². The summed E-state index contributed by atoms with van der Waals surface area (Å²) in [7, 11) is 0. The zero-order valence-corrected chi connectivity index (χ0v) is 10.9. The van der Waals surface area contributed by atoms with Crippen LogP contribution in [0.2, 0.25) is 0 Å². The number of benzene rings is 1. The summed E-state index contributed by atoms with van der Waals surface area (Å²) in [5.41, 5.74) is 1.50. The van der Waals surface area contributed by atoms with E-state index in [0.29, 0.717) is 0 Å². The van der Waals surface area contributed by atoms with E-state index in [-0.39, 0.29) is 0 Å². The Morgan fingerprint density at radius 2 is 1.88 bits per heavy atom. The molecule has 0 saturated carbocycles. The Morgan fingerprint density at radius 1 is 1.18 bits per heavy atom. The average Bonchev–Trinajstić information content (AvgIpc) is 2.42. The smallest absolute Gasteiger partial charge is 0.0107 e. The highest BCUT2D eigenvalue weighted by atomic mass is 15.2. The van der Waals surface area contributed by atoms with Gasteiger partial charge >= 0.3 is 0 Å². The Bertz CT molecular complexity index is 304. The van der Waals surface area contributed by atoms with Gasteiger partial charge in [0.2, 0.25) is 0 Å². The lowest BCUT2D eigenvalue weighted by molar-refractivity contribution is 0.232. The van der Waals surface area contributed by atoms with E-state index in [1.54, 1.807) is 0 Å². The monoisotopic (exact) mass is 232 g/mol. The summed E-state index contributed by atoms with van der Waals surface area (Å²) in [5.74, 6) is 0.728. The van der Waals surface area contributed by atoms with Gasteiger partial charge in [0, 0.05) is 26.2 Å². The second kappa shape index (κ2) is 6.77. The summed E-state index contributed by atoms with van der Waals surface area (Å²) in [6.45, 7) is 8.28. The van der Waals surface area contributed by atoms with Gasteiger partial charge in [0.25, 0.3) is 0 Å². The van der Waals surface area contributed by atoms with Crippen molar-refractivity contribution < 1.29 is 0 Å². The lowest BCUT2D eigenvalue weighted by atomic mass is 9.93. The summed E-state index contributed by atoms with van der Waals surface area (Å²) in [6.07, 6.45) is 2.54. The Morgan fingerprint density at radius 3 is 2.53 bits per heavy atom. The minimum atomic E-state index is 0.728. The molecule has 17 heavy (non-hydrogen) atoms. The van der Waals surface area contributed by atoms with Crippen molar-refractivity contribution in [2.24, 2.45) is 0 Å². The molecule has 0 amide bonds. The fourth-order valence-electron chi connectivity index (χ4n) is 2.60. The molecule has 1 aliphatic heterocycles. The van der Waals surface area contributed by atoms with Crippen LogP contribution in [0.1, 0.15) is 31.2 Å². The van der Waals surface area contributed by atoms with Crippen LogP contribution in [-0.2, 0) is 0 Å². The van der Waals surface area contributed by atoms with E-state index >= 15 is 0 Å². The molecule has 1 N–H and O–H groups in total. The topological polar surface area (TPSA) is 15.3 Å². The maximum absolute atomic E-state index is 3.41. The lowest BCUT2D eigenvalue weighted by Gasteiger charge is -2.28. The van der Waals surface area contributed by atoms with E-state index < -0.39 is 0 Å². The zero-order valence-electron chi connectivity index (χ0n) is 10.9. The summed E-state index contributed by atoms with van der Waals surface area (Å²) < 4.78 is 0. The van der Waals surface area contributed by atoms with Crippen LogP contribution in [0.15, 0.2) is 30.3 Å². The Hall–Kier alpha value is -0.860. The van der Waals surface area contributed by atoms with Gasteiger partial charge < -0.3 is 10.2 Å². The molecule has 1 aliphatic rings. The van der Waals surface area contributed by atoms with Crippen molar-refractivity contribution in [2.75, 3.05) is 32.7 Å². The van der Waals surface area contributed by atoms with Crippen LogP contribution < -0.4 is 5.32 Å². The predicted octanol–water partition coefficient (Wildman–Crippen LogP) is 2.48. The molecule has 1 unspecified atom stereocenters. The van der Waals surface area contributed by atoms with Crippen LogP contribution in [0, 0.1) is 0 Å². The quantitative estimate of drug-likeness (QED) is 0.839. The van der Waals surface area contributed by atoms with Gasteiger partial charge in [-0.15, -0.1) is 0 Å². The van der Waals surface area contributed by atoms with Gasteiger partial charge in [-0.2, -0.15) is 0 Å². The van der Waals surface area contributed by atoms with Crippen molar-refractivity contribution in [2.45, 2.75) is 25.7 Å². The van der Waals surface area contributed by atoms with Crippen LogP contribution in [0.5, 0.6) is 0 Å². The minimum absolute atomic E-state index is 0.728. The van der Waals surface area contributed by atoms with Crippen LogP contribution in [0.25, 0.3) is 0 Å². The summed E-state index contributed by atoms with van der Waals surface area (Å²) in [5, 5.41) is 3.41. The van der Waals surface area contributed by atoms with Crippen LogP contribution in [0.4, 0.5) is 0 Å². The molecular weight excluding hydrogens is 208 g/mol. The first-order chi connectivity index (χ1) is 8.40. The molecular formula is C15H24N2. The average molecular weight is 232 g/mol. The predicted molar refractivity (Wildman–Crippen MR) is 73.4 cm³/mol. The van der Waals surface area contributed by atoms with Crippen LogP contribution >= 0.6 is 0 Å². The number of hydrogen-bond donors (Lipinski definition) is 1. The summed E-state index contributed by atoms with van der Waals surface area (Å²) in [4.78, 5) is 2.59. The third-order valence-corrected chi connectivity index (χ3v) is 3.77. The molecule has 1 aromatic carbocycles. The molecule has 0 aliphatic carbocycles. The number of piperazine rings is 1. The first kappa shape index (κ1) is 12.6. The van der Waals surface area contributed by atoms with E-state index in [0.717, 1.165) is 19.0 Å². The van der Waals surface area contributed by atoms with E-state index in [4.69, 9.17) is 0 Å². The highest BCUT2D eigenvalue weighted by molar-refractivity contribution is 5.19. The van der Waals surface area contributed by atoms with Gasteiger partial charge in [0.05, 0.1) is 0 Å². The molecule has 1 atom stereocenters. The molecule has 1 heterocycles. The molecule has 1 saturated heterocycles. The maximum Gasteiger partial charge on any atom is 0.0107 e. The number of hydrogen-bond acceptors (Lipinski definition) is 2. The molecule has 2 nitrogen and oxygen atoms in total. The normalized spacial score (nSPS) is 19.1. The third kappa shape index (κ3) is 3.83. The summed E-state index contributed by atoms with van der Waals surface area (Å²) >= 11 is 0. The van der Waals surface area contributed by atoms with Crippen molar-refractivity contribution in [3.05, 3.63) is 35.9 Å². The van der Waals surface area contributed by atoms with Crippen molar-refractivity contribution in [3.63, 3.8) is 0 Å². The zero-order chi connectivity index (χ0) is 11.9. The van der Waals surface area contributed by atoms with Gasteiger partial charge in [0.1, 0.15) is 0 Å². The van der Waals surface area contributed by atoms with E-state index in [1.165, 1.54) is 38.0 Å². The second-order valence-electron chi connectivity index (χ2n) is 4.90. The molecule has 0 bridgehead atoms. The minimum Gasteiger partial charge on any atom is -0.314 e. The highest BCUT2D eigenvalue weighted by Gasteiger charge is 2.13. The molecule has 0 spiro atoms. The summed E-state index contributed by atoms with van der Waals surface area (Å²) in [6, 6.07) is 11.0. The SMILES string of the molecule is CCC(CCN1CCNCC1)c1ccccc1. The molecule has 1 aromatic rings. The molecule has 0 aromatic heterocycles. The number of nitrogens with one attached hydrogen (secondary N) is 1.